The van der Waals surface area contributed by atoms with Gasteiger partial charge in [-0.3, -0.25) is 4.79 Å². The first-order chi connectivity index (χ1) is 14.1. The van der Waals surface area contributed by atoms with Gasteiger partial charge in [0.25, 0.3) is 0 Å². The number of anilines is 1. The van der Waals surface area contributed by atoms with Crippen molar-refractivity contribution in [2.75, 3.05) is 18.0 Å². The highest BCUT2D eigenvalue weighted by Gasteiger charge is 2.29. The average Bonchev–Trinajstić information content (AvgIpc) is 3.34. The molecule has 29 heavy (non-hydrogen) atoms. The molecule has 2 aromatic rings. The summed E-state index contributed by atoms with van der Waals surface area (Å²) in [5, 5.41) is 6.75. The number of carbonyl (C=O) groups is 2. The Bertz CT molecular complexity index is 895. The van der Waals surface area contributed by atoms with Crippen LogP contribution in [0.1, 0.15) is 42.9 Å². The molecule has 2 N–H and O–H groups in total. The van der Waals surface area contributed by atoms with E-state index >= 15 is 0 Å². The first-order valence-electron chi connectivity index (χ1n) is 10.3. The maximum absolute atomic E-state index is 12.6. The molecule has 0 radical (unpaired) electrons. The van der Waals surface area contributed by atoms with Gasteiger partial charge in [0, 0.05) is 23.8 Å². The van der Waals surface area contributed by atoms with Crippen LogP contribution in [0.3, 0.4) is 0 Å². The highest BCUT2D eigenvalue weighted by molar-refractivity contribution is 6.30. The molecule has 1 aliphatic carbocycles. The van der Waals surface area contributed by atoms with Crippen molar-refractivity contribution in [3.05, 3.63) is 64.7 Å². The van der Waals surface area contributed by atoms with E-state index in [9.17, 15) is 9.59 Å². The van der Waals surface area contributed by atoms with E-state index in [0.29, 0.717) is 30.5 Å². The molecular weight excluding hydrogens is 386 g/mol. The van der Waals surface area contributed by atoms with Gasteiger partial charge in [-0.1, -0.05) is 54.8 Å². The number of benzene rings is 2. The number of hydrogen-bond acceptors (Lipinski definition) is 2. The third kappa shape index (κ3) is 4.56. The summed E-state index contributed by atoms with van der Waals surface area (Å²) in [7, 11) is 0. The van der Waals surface area contributed by atoms with E-state index < -0.39 is 0 Å². The van der Waals surface area contributed by atoms with Gasteiger partial charge in [-0.2, -0.15) is 0 Å². The summed E-state index contributed by atoms with van der Waals surface area (Å²) in [6.45, 7) is 0.868. The fraction of sp³-hybridized carbons (Fsp3) is 0.391. The number of fused-ring (bicyclic) bond motifs is 1. The van der Waals surface area contributed by atoms with Crippen molar-refractivity contribution in [2.24, 2.45) is 5.92 Å². The number of urea groups is 1. The van der Waals surface area contributed by atoms with E-state index in [-0.39, 0.29) is 18.0 Å². The van der Waals surface area contributed by atoms with Crippen LogP contribution in [0.2, 0.25) is 5.02 Å². The molecule has 3 amide bonds. The Labute approximate surface area is 176 Å². The normalized spacial score (nSPS) is 17.3. The summed E-state index contributed by atoms with van der Waals surface area (Å²) in [5.74, 6) is 0.502. The number of rotatable bonds is 6. The van der Waals surface area contributed by atoms with Crippen LogP contribution < -0.4 is 15.5 Å². The van der Waals surface area contributed by atoms with E-state index in [1.165, 1.54) is 12.8 Å². The van der Waals surface area contributed by atoms with Crippen LogP contribution in [0.25, 0.3) is 0 Å². The molecule has 1 heterocycles. The summed E-state index contributed by atoms with van der Waals surface area (Å²) in [6.07, 6.45) is 5.04. The highest BCUT2D eigenvalue weighted by Crippen LogP contribution is 2.36. The Hall–Kier alpha value is -2.53. The average molecular weight is 412 g/mol. The lowest BCUT2D eigenvalue weighted by Gasteiger charge is -2.26. The monoisotopic (exact) mass is 411 g/mol. The Balaban J connectivity index is 1.35. The SMILES string of the molecule is O=C(NCCN1C(=O)Cc2ccccc21)NC(c1cccc(Cl)c1)C1CCCC1. The summed E-state index contributed by atoms with van der Waals surface area (Å²) in [5.41, 5.74) is 3.04. The fourth-order valence-electron chi connectivity index (χ4n) is 4.50. The van der Waals surface area contributed by atoms with Gasteiger partial charge < -0.3 is 15.5 Å². The number of amides is 3. The third-order valence-corrected chi connectivity index (χ3v) is 6.15. The second-order valence-electron chi connectivity index (χ2n) is 7.83. The highest BCUT2D eigenvalue weighted by atomic mass is 35.5. The number of para-hydroxylation sites is 1. The summed E-state index contributed by atoms with van der Waals surface area (Å²) >= 11 is 6.18. The molecule has 0 spiro atoms. The lowest BCUT2D eigenvalue weighted by molar-refractivity contribution is -0.117. The molecule has 2 aliphatic rings. The number of nitrogens with one attached hydrogen (secondary N) is 2. The second kappa shape index (κ2) is 8.87. The molecular formula is C23H26ClN3O2. The van der Waals surface area contributed by atoms with Crippen molar-refractivity contribution in [3.63, 3.8) is 0 Å². The summed E-state index contributed by atoms with van der Waals surface area (Å²) < 4.78 is 0. The van der Waals surface area contributed by atoms with Gasteiger partial charge in [0.05, 0.1) is 12.5 Å². The van der Waals surface area contributed by atoms with Crippen LogP contribution in [0.4, 0.5) is 10.5 Å². The Kier molecular flexibility index (Phi) is 6.05. The van der Waals surface area contributed by atoms with Gasteiger partial charge >= 0.3 is 6.03 Å². The Morgan fingerprint density at radius 3 is 2.72 bits per heavy atom. The smallest absolute Gasteiger partial charge is 0.315 e. The first kappa shape index (κ1) is 19.8. The molecule has 1 unspecified atom stereocenters. The molecule has 152 valence electrons. The first-order valence-corrected chi connectivity index (χ1v) is 10.7. The van der Waals surface area contributed by atoms with Crippen LogP contribution in [0.15, 0.2) is 48.5 Å². The standard InChI is InChI=1S/C23H26ClN3O2/c24-19-10-5-9-18(14-19)22(16-6-1-2-7-16)26-23(29)25-12-13-27-20-11-4-3-8-17(20)15-21(27)28/h3-5,8-11,14,16,22H,1-2,6-7,12-13,15H2,(H2,25,26,29). The van der Waals surface area contributed by atoms with E-state index in [0.717, 1.165) is 29.7 Å². The van der Waals surface area contributed by atoms with Gasteiger partial charge in [0.1, 0.15) is 0 Å². The minimum Gasteiger partial charge on any atom is -0.336 e. The Morgan fingerprint density at radius 2 is 1.93 bits per heavy atom. The third-order valence-electron chi connectivity index (χ3n) is 5.91. The van der Waals surface area contributed by atoms with Gasteiger partial charge in [0.15, 0.2) is 0 Å². The summed E-state index contributed by atoms with van der Waals surface area (Å²) in [6, 6.07) is 15.3. The van der Waals surface area contributed by atoms with Crippen molar-refractivity contribution >= 4 is 29.2 Å². The van der Waals surface area contributed by atoms with E-state index in [4.69, 9.17) is 11.6 Å². The van der Waals surface area contributed by atoms with Crippen molar-refractivity contribution in [3.8, 4) is 0 Å². The largest absolute Gasteiger partial charge is 0.336 e. The minimum atomic E-state index is -0.207. The number of halogens is 1. The van der Waals surface area contributed by atoms with Crippen molar-refractivity contribution in [1.82, 2.24) is 10.6 Å². The second-order valence-corrected chi connectivity index (χ2v) is 8.26. The zero-order valence-electron chi connectivity index (χ0n) is 16.4. The lowest BCUT2D eigenvalue weighted by atomic mass is 9.92. The lowest BCUT2D eigenvalue weighted by Crippen LogP contribution is -2.43. The molecule has 0 bridgehead atoms. The summed E-state index contributed by atoms with van der Waals surface area (Å²) in [4.78, 5) is 26.6. The number of carbonyl (C=O) groups excluding carboxylic acids is 2. The van der Waals surface area contributed by atoms with Crippen LogP contribution >= 0.6 is 11.6 Å². The van der Waals surface area contributed by atoms with E-state index in [1.807, 2.05) is 48.5 Å². The fourth-order valence-corrected chi connectivity index (χ4v) is 4.70. The molecule has 6 heteroatoms. The predicted octanol–water partition coefficient (Wildman–Crippen LogP) is 4.46. The van der Waals surface area contributed by atoms with Gasteiger partial charge in [-0.15, -0.1) is 0 Å². The van der Waals surface area contributed by atoms with Crippen LogP contribution in [-0.2, 0) is 11.2 Å². The molecule has 5 nitrogen and oxygen atoms in total. The molecule has 0 saturated heterocycles. The molecule has 1 fully saturated rings. The topological polar surface area (TPSA) is 61.4 Å². The molecule has 0 aromatic heterocycles. The van der Waals surface area contributed by atoms with Crippen LogP contribution in [-0.4, -0.2) is 25.0 Å². The quantitative estimate of drug-likeness (QED) is 0.737. The van der Waals surface area contributed by atoms with E-state index in [1.54, 1.807) is 4.90 Å². The predicted molar refractivity (Wildman–Crippen MR) is 115 cm³/mol. The Morgan fingerprint density at radius 1 is 1.14 bits per heavy atom. The number of nitrogens with zero attached hydrogens (tertiary/aromatic N) is 1. The van der Waals surface area contributed by atoms with Gasteiger partial charge in [-0.05, 0) is 48.1 Å². The maximum atomic E-state index is 12.6. The zero-order valence-corrected chi connectivity index (χ0v) is 17.1. The molecule has 1 saturated carbocycles. The van der Waals surface area contributed by atoms with Crippen LogP contribution in [0.5, 0.6) is 0 Å². The van der Waals surface area contributed by atoms with Crippen molar-refractivity contribution in [1.29, 1.82) is 0 Å². The van der Waals surface area contributed by atoms with Crippen molar-refractivity contribution < 1.29 is 9.59 Å². The maximum Gasteiger partial charge on any atom is 0.315 e. The number of hydrogen-bond donors (Lipinski definition) is 2. The minimum absolute atomic E-state index is 0.0506. The molecule has 2 aromatic carbocycles. The van der Waals surface area contributed by atoms with Gasteiger partial charge in [0.2, 0.25) is 5.91 Å². The molecule has 4 rings (SSSR count). The van der Waals surface area contributed by atoms with Crippen LogP contribution in [0, 0.1) is 5.92 Å². The van der Waals surface area contributed by atoms with E-state index in [2.05, 4.69) is 10.6 Å². The van der Waals surface area contributed by atoms with Crippen molar-refractivity contribution in [2.45, 2.75) is 38.1 Å². The zero-order chi connectivity index (χ0) is 20.2. The molecule has 1 atom stereocenters. The molecule has 1 aliphatic heterocycles. The van der Waals surface area contributed by atoms with Gasteiger partial charge in [-0.25, -0.2) is 4.79 Å².